The Morgan fingerprint density at radius 3 is 2.50 bits per heavy atom. The van der Waals surface area contributed by atoms with Crippen LogP contribution in [-0.2, 0) is 6.61 Å². The van der Waals surface area contributed by atoms with Crippen LogP contribution in [0, 0.1) is 20.8 Å². The fourth-order valence-electron chi connectivity index (χ4n) is 2.69. The van der Waals surface area contributed by atoms with Crippen molar-refractivity contribution in [2.45, 2.75) is 27.4 Å². The van der Waals surface area contributed by atoms with Crippen LogP contribution in [-0.4, -0.2) is 18.2 Å². The van der Waals surface area contributed by atoms with Crippen LogP contribution in [0.1, 0.15) is 32.9 Å². The van der Waals surface area contributed by atoms with Crippen molar-refractivity contribution in [1.29, 1.82) is 0 Å². The van der Waals surface area contributed by atoms with E-state index >= 15 is 0 Å². The lowest BCUT2D eigenvalue weighted by Gasteiger charge is -2.12. The summed E-state index contributed by atoms with van der Waals surface area (Å²) in [6.07, 6.45) is 0. The molecule has 0 aliphatic rings. The summed E-state index contributed by atoms with van der Waals surface area (Å²) in [5.74, 6) is 1.64. The lowest BCUT2D eigenvalue weighted by molar-refractivity contribution is 0.102. The minimum atomic E-state index is -0.253. The third kappa shape index (κ3) is 4.28. The number of ether oxygens (including phenoxy) is 2. The standard InChI is InChI=1S/C21H21ClN2O4/c1-12-9-19(20(26-4)10-18(12)22)23-21(25)15-5-7-16(8-6-15)27-11-17-13(2)24-28-14(17)3/h5-10H,11H2,1-4H3,(H,23,25). The normalized spacial score (nSPS) is 10.6. The van der Waals surface area contributed by atoms with Crippen LogP contribution in [0.25, 0.3) is 0 Å². The second-order valence-corrected chi connectivity index (χ2v) is 6.78. The van der Waals surface area contributed by atoms with E-state index in [1.165, 1.54) is 7.11 Å². The number of hydrogen-bond acceptors (Lipinski definition) is 5. The predicted octanol–water partition coefficient (Wildman–Crippen LogP) is 5.09. The molecule has 1 heterocycles. The smallest absolute Gasteiger partial charge is 0.255 e. The number of carbonyl (C=O) groups is 1. The topological polar surface area (TPSA) is 73.6 Å². The zero-order valence-corrected chi connectivity index (χ0v) is 16.9. The van der Waals surface area contributed by atoms with Crippen molar-refractivity contribution in [3.8, 4) is 11.5 Å². The summed E-state index contributed by atoms with van der Waals surface area (Å²) in [5, 5.41) is 7.33. The van der Waals surface area contributed by atoms with Gasteiger partial charge in [0.2, 0.25) is 0 Å². The molecule has 146 valence electrons. The van der Waals surface area contributed by atoms with Crippen LogP contribution >= 0.6 is 11.6 Å². The highest BCUT2D eigenvalue weighted by Gasteiger charge is 2.13. The first-order valence-electron chi connectivity index (χ1n) is 8.69. The molecule has 1 N–H and O–H groups in total. The van der Waals surface area contributed by atoms with Gasteiger partial charge in [-0.25, -0.2) is 0 Å². The summed E-state index contributed by atoms with van der Waals surface area (Å²) in [4.78, 5) is 12.6. The molecule has 28 heavy (non-hydrogen) atoms. The molecule has 6 nitrogen and oxygen atoms in total. The molecule has 0 aliphatic heterocycles. The van der Waals surface area contributed by atoms with Crippen molar-refractivity contribution in [3.05, 3.63) is 69.6 Å². The first kappa shape index (κ1) is 19.8. The van der Waals surface area contributed by atoms with E-state index in [0.717, 1.165) is 22.6 Å². The van der Waals surface area contributed by atoms with Gasteiger partial charge in [0.15, 0.2) is 0 Å². The number of hydrogen-bond donors (Lipinski definition) is 1. The third-order valence-electron chi connectivity index (χ3n) is 4.41. The van der Waals surface area contributed by atoms with E-state index in [1.54, 1.807) is 36.4 Å². The van der Waals surface area contributed by atoms with E-state index in [2.05, 4.69) is 10.5 Å². The number of aryl methyl sites for hydroxylation is 3. The second-order valence-electron chi connectivity index (χ2n) is 6.37. The highest BCUT2D eigenvalue weighted by molar-refractivity contribution is 6.31. The Hall–Kier alpha value is -2.99. The Balaban J connectivity index is 1.68. The number of nitrogens with zero attached hydrogens (tertiary/aromatic N) is 1. The lowest BCUT2D eigenvalue weighted by atomic mass is 10.1. The zero-order valence-electron chi connectivity index (χ0n) is 16.1. The maximum absolute atomic E-state index is 12.6. The van der Waals surface area contributed by atoms with Crippen LogP contribution < -0.4 is 14.8 Å². The van der Waals surface area contributed by atoms with Crippen molar-refractivity contribution < 1.29 is 18.8 Å². The van der Waals surface area contributed by atoms with Gasteiger partial charge in [-0.3, -0.25) is 4.79 Å². The van der Waals surface area contributed by atoms with Gasteiger partial charge in [-0.05, 0) is 56.7 Å². The molecule has 0 saturated carbocycles. The SMILES string of the molecule is COc1cc(Cl)c(C)cc1NC(=O)c1ccc(OCc2c(C)noc2C)cc1. The predicted molar refractivity (Wildman–Crippen MR) is 107 cm³/mol. The molecule has 3 aromatic rings. The zero-order chi connectivity index (χ0) is 20.3. The first-order valence-corrected chi connectivity index (χ1v) is 9.07. The third-order valence-corrected chi connectivity index (χ3v) is 4.82. The average molecular weight is 401 g/mol. The molecule has 2 aromatic carbocycles. The molecule has 0 radical (unpaired) electrons. The van der Waals surface area contributed by atoms with Crippen molar-refractivity contribution in [3.63, 3.8) is 0 Å². The fraction of sp³-hybridized carbons (Fsp3) is 0.238. The van der Waals surface area contributed by atoms with Gasteiger partial charge in [0.1, 0.15) is 23.9 Å². The number of nitrogens with one attached hydrogen (secondary N) is 1. The van der Waals surface area contributed by atoms with Crippen molar-refractivity contribution >= 4 is 23.2 Å². The van der Waals surface area contributed by atoms with Crippen molar-refractivity contribution in [2.75, 3.05) is 12.4 Å². The number of aromatic nitrogens is 1. The number of benzene rings is 2. The largest absolute Gasteiger partial charge is 0.495 e. The maximum atomic E-state index is 12.6. The summed E-state index contributed by atoms with van der Waals surface area (Å²) in [7, 11) is 1.53. The fourth-order valence-corrected chi connectivity index (χ4v) is 2.84. The number of halogens is 1. The van der Waals surface area contributed by atoms with Crippen molar-refractivity contribution in [1.82, 2.24) is 5.16 Å². The molecule has 0 spiro atoms. The van der Waals surface area contributed by atoms with Crippen LogP contribution in [0.15, 0.2) is 40.9 Å². The van der Waals surface area contributed by atoms with E-state index in [9.17, 15) is 4.79 Å². The number of anilines is 1. The number of methoxy groups -OCH3 is 1. The number of rotatable bonds is 6. The quantitative estimate of drug-likeness (QED) is 0.623. The van der Waals surface area contributed by atoms with E-state index in [-0.39, 0.29) is 5.91 Å². The molecule has 1 aromatic heterocycles. The Kier molecular flexibility index (Phi) is 5.90. The van der Waals surface area contributed by atoms with Crippen LogP contribution in [0.5, 0.6) is 11.5 Å². The van der Waals surface area contributed by atoms with Gasteiger partial charge < -0.3 is 19.3 Å². The Morgan fingerprint density at radius 1 is 1.18 bits per heavy atom. The van der Waals surface area contributed by atoms with Gasteiger partial charge in [0.25, 0.3) is 5.91 Å². The van der Waals surface area contributed by atoms with E-state index in [4.69, 9.17) is 25.6 Å². The molecule has 3 rings (SSSR count). The Labute approximate surface area is 168 Å². The molecule has 0 fully saturated rings. The monoisotopic (exact) mass is 400 g/mol. The Bertz CT molecular complexity index is 977. The molecule has 1 amide bonds. The number of carbonyl (C=O) groups excluding carboxylic acids is 1. The highest BCUT2D eigenvalue weighted by Crippen LogP contribution is 2.31. The number of amides is 1. The van der Waals surface area contributed by atoms with Crippen molar-refractivity contribution in [2.24, 2.45) is 0 Å². The molecule has 0 saturated heterocycles. The summed E-state index contributed by atoms with van der Waals surface area (Å²) in [5.41, 5.74) is 3.64. The molecule has 0 unspecified atom stereocenters. The van der Waals surface area contributed by atoms with Gasteiger partial charge >= 0.3 is 0 Å². The van der Waals surface area contributed by atoms with E-state index in [0.29, 0.717) is 34.4 Å². The minimum Gasteiger partial charge on any atom is -0.495 e. The van der Waals surface area contributed by atoms with Gasteiger partial charge in [0.05, 0.1) is 24.1 Å². The maximum Gasteiger partial charge on any atom is 0.255 e. The van der Waals surface area contributed by atoms with Crippen LogP contribution in [0.4, 0.5) is 5.69 Å². The van der Waals surface area contributed by atoms with Gasteiger partial charge in [-0.1, -0.05) is 16.8 Å². The summed E-state index contributed by atoms with van der Waals surface area (Å²) < 4.78 is 16.2. The summed E-state index contributed by atoms with van der Waals surface area (Å²) in [6, 6.07) is 10.4. The minimum absolute atomic E-state index is 0.253. The van der Waals surface area contributed by atoms with Gasteiger partial charge in [-0.2, -0.15) is 0 Å². The van der Waals surface area contributed by atoms with Crippen LogP contribution in [0.2, 0.25) is 5.02 Å². The molecule has 0 bridgehead atoms. The first-order chi connectivity index (χ1) is 13.4. The van der Waals surface area contributed by atoms with E-state index < -0.39 is 0 Å². The molecular formula is C21H21ClN2O4. The van der Waals surface area contributed by atoms with E-state index in [1.807, 2.05) is 20.8 Å². The molecule has 7 heteroatoms. The average Bonchev–Trinajstić information content (AvgIpc) is 3.01. The summed E-state index contributed by atoms with van der Waals surface area (Å²) in [6.45, 7) is 5.94. The molecule has 0 atom stereocenters. The Morgan fingerprint density at radius 2 is 1.89 bits per heavy atom. The van der Waals surface area contributed by atoms with Crippen LogP contribution in [0.3, 0.4) is 0 Å². The second kappa shape index (κ2) is 8.35. The molecular weight excluding hydrogens is 380 g/mol. The molecule has 0 aliphatic carbocycles. The summed E-state index contributed by atoms with van der Waals surface area (Å²) >= 11 is 6.11. The highest BCUT2D eigenvalue weighted by atomic mass is 35.5. The lowest BCUT2D eigenvalue weighted by Crippen LogP contribution is -2.12. The van der Waals surface area contributed by atoms with Gasteiger partial charge in [-0.15, -0.1) is 0 Å². The van der Waals surface area contributed by atoms with Gasteiger partial charge in [0, 0.05) is 16.7 Å².